The molecule has 2 aromatic rings. The van der Waals surface area contributed by atoms with Crippen LogP contribution in [0.2, 0.25) is 0 Å². The number of amides is 1. The molecule has 4 N–H and O–H groups in total. The SMILES string of the molecule is COc1ccc(F)c(C2=CC3NC=CC(c4cccc(C(=O)N[C@@H]5CCCC[C@@H]5N)c4)=C3O2)c1. The van der Waals surface area contributed by atoms with Gasteiger partial charge in [0, 0.05) is 23.2 Å². The lowest BCUT2D eigenvalue weighted by molar-refractivity contribution is 0.0921. The molecule has 1 saturated carbocycles. The van der Waals surface area contributed by atoms with Crippen LogP contribution in [0.15, 0.2) is 66.6 Å². The number of halogens is 1. The minimum absolute atomic E-state index is 0.00206. The second-order valence-electron chi connectivity index (χ2n) is 8.84. The molecule has 2 aromatic carbocycles. The van der Waals surface area contributed by atoms with Gasteiger partial charge in [-0.05, 0) is 67.1 Å². The monoisotopic (exact) mass is 461 g/mol. The Kier molecular flexibility index (Phi) is 6.11. The quantitative estimate of drug-likeness (QED) is 0.624. The lowest BCUT2D eigenvalue weighted by Gasteiger charge is -2.29. The van der Waals surface area contributed by atoms with Crippen molar-refractivity contribution in [3.63, 3.8) is 0 Å². The van der Waals surface area contributed by atoms with Crippen molar-refractivity contribution in [3.8, 4) is 5.75 Å². The van der Waals surface area contributed by atoms with Crippen LogP contribution in [0.4, 0.5) is 4.39 Å². The van der Waals surface area contributed by atoms with Gasteiger partial charge in [-0.15, -0.1) is 0 Å². The Morgan fingerprint density at radius 2 is 2.06 bits per heavy atom. The van der Waals surface area contributed by atoms with E-state index < -0.39 is 0 Å². The summed E-state index contributed by atoms with van der Waals surface area (Å²) in [7, 11) is 1.54. The van der Waals surface area contributed by atoms with E-state index in [4.69, 9.17) is 15.2 Å². The summed E-state index contributed by atoms with van der Waals surface area (Å²) < 4.78 is 25.9. The van der Waals surface area contributed by atoms with E-state index >= 15 is 0 Å². The molecular formula is C27H28FN3O3. The van der Waals surface area contributed by atoms with Gasteiger partial charge < -0.3 is 25.8 Å². The number of hydrogen-bond donors (Lipinski definition) is 3. The maximum Gasteiger partial charge on any atom is 0.251 e. The van der Waals surface area contributed by atoms with Crippen LogP contribution in [0.1, 0.15) is 47.2 Å². The van der Waals surface area contributed by atoms with Gasteiger partial charge in [0.2, 0.25) is 0 Å². The lowest BCUT2D eigenvalue weighted by atomic mass is 9.90. The standard InChI is InChI=1S/C27H28FN3O3/c1-33-18-9-10-21(28)20(14-18)25-15-24-26(34-25)19(11-12-30-24)16-5-4-6-17(13-16)27(32)31-23-8-3-2-7-22(23)29/h4-6,9-15,22-24,30H,2-3,7-8,29H2,1H3,(H,31,32)/t22-,23+,24?/m0/s1. The second kappa shape index (κ2) is 9.35. The Balaban J connectivity index is 1.41. The van der Waals surface area contributed by atoms with E-state index in [-0.39, 0.29) is 29.8 Å². The smallest absolute Gasteiger partial charge is 0.251 e. The molecule has 5 rings (SSSR count). The van der Waals surface area contributed by atoms with Crippen LogP contribution in [0, 0.1) is 5.82 Å². The molecule has 0 saturated heterocycles. The van der Waals surface area contributed by atoms with E-state index in [1.54, 1.807) is 18.2 Å². The van der Waals surface area contributed by atoms with E-state index in [1.165, 1.54) is 13.2 Å². The number of carbonyl (C=O) groups excluding carboxylic acids is 1. The third-order valence-electron chi connectivity index (χ3n) is 6.62. The minimum atomic E-state index is -0.389. The summed E-state index contributed by atoms with van der Waals surface area (Å²) in [5.41, 5.74) is 8.79. The zero-order valence-corrected chi connectivity index (χ0v) is 19.0. The number of nitrogens with two attached hydrogens (primary N) is 1. The molecule has 1 aliphatic carbocycles. The van der Waals surface area contributed by atoms with E-state index in [2.05, 4.69) is 10.6 Å². The largest absolute Gasteiger partial charge is 0.497 e. The fourth-order valence-corrected chi connectivity index (χ4v) is 4.73. The molecule has 3 atom stereocenters. The number of dihydropyridines is 1. The third-order valence-corrected chi connectivity index (χ3v) is 6.62. The number of methoxy groups -OCH3 is 1. The van der Waals surface area contributed by atoms with Crippen molar-refractivity contribution in [2.45, 2.75) is 43.8 Å². The third kappa shape index (κ3) is 4.31. The molecule has 2 heterocycles. The summed E-state index contributed by atoms with van der Waals surface area (Å²) in [5, 5.41) is 6.34. The van der Waals surface area contributed by atoms with Gasteiger partial charge >= 0.3 is 0 Å². The molecule has 1 fully saturated rings. The van der Waals surface area contributed by atoms with Crippen LogP contribution < -0.4 is 21.1 Å². The van der Waals surface area contributed by atoms with Gasteiger partial charge in [-0.1, -0.05) is 25.0 Å². The van der Waals surface area contributed by atoms with Crippen molar-refractivity contribution in [1.29, 1.82) is 0 Å². The highest BCUT2D eigenvalue weighted by Crippen LogP contribution is 2.38. The highest BCUT2D eigenvalue weighted by molar-refractivity contribution is 5.96. The first-order chi connectivity index (χ1) is 16.5. The Morgan fingerprint density at radius 1 is 1.21 bits per heavy atom. The Hall–Kier alpha value is -3.58. The topological polar surface area (TPSA) is 85.6 Å². The molecule has 0 spiro atoms. The van der Waals surface area contributed by atoms with E-state index in [0.29, 0.717) is 28.4 Å². The Morgan fingerprint density at radius 3 is 2.88 bits per heavy atom. The van der Waals surface area contributed by atoms with Crippen molar-refractivity contribution < 1.29 is 18.7 Å². The first-order valence-electron chi connectivity index (χ1n) is 11.6. The number of carbonyl (C=O) groups is 1. The highest BCUT2D eigenvalue weighted by atomic mass is 19.1. The van der Waals surface area contributed by atoms with Gasteiger partial charge in [-0.25, -0.2) is 4.39 Å². The number of fused-ring (bicyclic) bond motifs is 1. The number of hydrogen-bond acceptors (Lipinski definition) is 5. The summed E-state index contributed by atoms with van der Waals surface area (Å²) >= 11 is 0. The van der Waals surface area contributed by atoms with E-state index in [0.717, 1.165) is 36.8 Å². The molecule has 176 valence electrons. The molecule has 34 heavy (non-hydrogen) atoms. The summed E-state index contributed by atoms with van der Waals surface area (Å²) in [5.74, 6) is 1.11. The Bertz CT molecular complexity index is 1200. The molecule has 0 aromatic heterocycles. The number of rotatable bonds is 5. The van der Waals surface area contributed by atoms with Crippen LogP contribution in [-0.2, 0) is 4.74 Å². The van der Waals surface area contributed by atoms with Crippen molar-refractivity contribution in [1.82, 2.24) is 10.6 Å². The molecule has 3 aliphatic rings. The molecule has 0 radical (unpaired) electrons. The maximum atomic E-state index is 14.5. The summed E-state index contributed by atoms with van der Waals surface area (Å²) in [4.78, 5) is 12.9. The van der Waals surface area contributed by atoms with Gasteiger partial charge in [0.05, 0.1) is 12.7 Å². The molecule has 2 aliphatic heterocycles. The van der Waals surface area contributed by atoms with Crippen LogP contribution in [0.25, 0.3) is 11.3 Å². The predicted molar refractivity (Wildman–Crippen MR) is 129 cm³/mol. The van der Waals surface area contributed by atoms with Crippen molar-refractivity contribution in [2.24, 2.45) is 5.73 Å². The zero-order chi connectivity index (χ0) is 23.7. The molecule has 0 bridgehead atoms. The number of nitrogens with one attached hydrogen (secondary N) is 2. The highest BCUT2D eigenvalue weighted by Gasteiger charge is 2.30. The molecule has 1 unspecified atom stereocenters. The number of benzene rings is 2. The van der Waals surface area contributed by atoms with Gasteiger partial charge in [-0.2, -0.15) is 0 Å². The first kappa shape index (κ1) is 22.2. The van der Waals surface area contributed by atoms with Crippen LogP contribution in [0.3, 0.4) is 0 Å². The zero-order valence-electron chi connectivity index (χ0n) is 19.0. The lowest BCUT2D eigenvalue weighted by Crippen LogP contribution is -2.49. The van der Waals surface area contributed by atoms with Crippen LogP contribution in [-0.4, -0.2) is 31.1 Å². The van der Waals surface area contributed by atoms with Crippen molar-refractivity contribution in [3.05, 3.63) is 89.1 Å². The summed E-state index contributed by atoms with van der Waals surface area (Å²) in [6.45, 7) is 0. The fourth-order valence-electron chi connectivity index (χ4n) is 4.73. The second-order valence-corrected chi connectivity index (χ2v) is 8.84. The molecule has 1 amide bonds. The van der Waals surface area contributed by atoms with E-state index in [1.807, 2.05) is 36.6 Å². The average molecular weight is 462 g/mol. The van der Waals surface area contributed by atoms with Gasteiger partial charge in [0.15, 0.2) is 0 Å². The normalized spacial score (nSPS) is 23.5. The van der Waals surface area contributed by atoms with Gasteiger partial charge in [0.25, 0.3) is 5.91 Å². The summed E-state index contributed by atoms with van der Waals surface area (Å²) in [6, 6.07) is 11.7. The number of allylic oxidation sites excluding steroid dienone is 2. The van der Waals surface area contributed by atoms with Gasteiger partial charge in [0.1, 0.15) is 29.1 Å². The predicted octanol–water partition coefficient (Wildman–Crippen LogP) is 4.10. The van der Waals surface area contributed by atoms with Crippen LogP contribution >= 0.6 is 0 Å². The molecular weight excluding hydrogens is 433 g/mol. The first-order valence-corrected chi connectivity index (χ1v) is 11.6. The van der Waals surface area contributed by atoms with Crippen LogP contribution in [0.5, 0.6) is 5.75 Å². The van der Waals surface area contributed by atoms with E-state index in [9.17, 15) is 9.18 Å². The molecule has 7 heteroatoms. The summed E-state index contributed by atoms with van der Waals surface area (Å²) in [6.07, 6.45) is 9.60. The minimum Gasteiger partial charge on any atom is -0.497 e. The van der Waals surface area contributed by atoms with Crippen molar-refractivity contribution >= 4 is 17.2 Å². The van der Waals surface area contributed by atoms with Gasteiger partial charge in [-0.3, -0.25) is 4.79 Å². The Labute approximate surface area is 198 Å². The molecule has 6 nitrogen and oxygen atoms in total. The fraction of sp³-hybridized carbons (Fsp3) is 0.296. The number of ether oxygens (including phenoxy) is 2. The maximum absolute atomic E-state index is 14.5. The van der Waals surface area contributed by atoms with Crippen molar-refractivity contribution in [2.75, 3.05) is 7.11 Å². The average Bonchev–Trinajstić information content (AvgIpc) is 3.30.